The summed E-state index contributed by atoms with van der Waals surface area (Å²) < 4.78 is 5.40. The van der Waals surface area contributed by atoms with Crippen LogP contribution in [-0.4, -0.2) is 47.8 Å². The van der Waals surface area contributed by atoms with Crippen LogP contribution in [-0.2, 0) is 9.53 Å². The molecule has 2 atom stereocenters. The van der Waals surface area contributed by atoms with E-state index in [2.05, 4.69) is 11.8 Å². The maximum atomic E-state index is 11.3. The first-order valence-corrected chi connectivity index (χ1v) is 7.17. The van der Waals surface area contributed by atoms with E-state index in [1.807, 2.05) is 0 Å². The van der Waals surface area contributed by atoms with Gasteiger partial charge in [0.05, 0.1) is 19.6 Å². The number of hydrogen-bond donors (Lipinski definition) is 1. The van der Waals surface area contributed by atoms with Gasteiger partial charge in [0.15, 0.2) is 0 Å². The molecule has 1 heterocycles. The number of carbonyl (C=O) groups is 1. The van der Waals surface area contributed by atoms with E-state index in [1.54, 1.807) is 0 Å². The summed E-state index contributed by atoms with van der Waals surface area (Å²) in [6.45, 7) is 5.56. The molecule has 2 rings (SSSR count). The lowest BCUT2D eigenvalue weighted by molar-refractivity contribution is -0.142. The lowest BCUT2D eigenvalue weighted by Crippen LogP contribution is -2.54. The number of ether oxygens (including phenoxy) is 1. The fourth-order valence-electron chi connectivity index (χ4n) is 3.49. The molecule has 0 spiro atoms. The molecular weight excluding hydrogens is 230 g/mol. The van der Waals surface area contributed by atoms with Crippen LogP contribution in [0, 0.1) is 5.92 Å². The average molecular weight is 255 g/mol. The molecule has 0 aromatic carbocycles. The average Bonchev–Trinajstić information content (AvgIpc) is 2.53. The topological polar surface area (TPSA) is 49.8 Å². The van der Waals surface area contributed by atoms with E-state index in [-0.39, 0.29) is 5.54 Å². The highest BCUT2D eigenvalue weighted by Crippen LogP contribution is 2.37. The zero-order valence-corrected chi connectivity index (χ0v) is 11.4. The highest BCUT2D eigenvalue weighted by Gasteiger charge is 2.40. The van der Waals surface area contributed by atoms with E-state index >= 15 is 0 Å². The van der Waals surface area contributed by atoms with Crippen molar-refractivity contribution in [3.05, 3.63) is 0 Å². The first-order chi connectivity index (χ1) is 8.62. The predicted octanol–water partition coefficient (Wildman–Crippen LogP) is 2.13. The lowest BCUT2D eigenvalue weighted by Gasteiger charge is -2.45. The van der Waals surface area contributed by atoms with E-state index in [1.165, 1.54) is 6.42 Å². The molecule has 0 radical (unpaired) electrons. The number of morpholine rings is 1. The number of aliphatic carboxylic acids is 1. The monoisotopic (exact) mass is 255 g/mol. The molecule has 0 amide bonds. The summed E-state index contributed by atoms with van der Waals surface area (Å²) in [7, 11) is 0. The van der Waals surface area contributed by atoms with E-state index < -0.39 is 5.97 Å². The van der Waals surface area contributed by atoms with Crippen molar-refractivity contribution < 1.29 is 14.6 Å². The van der Waals surface area contributed by atoms with Gasteiger partial charge < -0.3 is 9.84 Å². The predicted molar refractivity (Wildman–Crippen MR) is 69.6 cm³/mol. The number of nitrogens with zero attached hydrogens (tertiary/aromatic N) is 1. The van der Waals surface area contributed by atoms with Crippen LogP contribution in [0.25, 0.3) is 0 Å². The largest absolute Gasteiger partial charge is 0.481 e. The summed E-state index contributed by atoms with van der Waals surface area (Å²) in [4.78, 5) is 13.6. The normalized spacial score (nSPS) is 35.1. The Morgan fingerprint density at radius 1 is 1.33 bits per heavy atom. The third kappa shape index (κ3) is 3.23. The second-order valence-corrected chi connectivity index (χ2v) is 5.93. The van der Waals surface area contributed by atoms with Crippen LogP contribution in [0.15, 0.2) is 0 Å². The summed E-state index contributed by atoms with van der Waals surface area (Å²) in [6, 6.07) is 0. The fraction of sp³-hybridized carbons (Fsp3) is 0.929. The van der Waals surface area contributed by atoms with Crippen molar-refractivity contribution in [3.8, 4) is 0 Å². The molecule has 2 unspecified atom stereocenters. The molecule has 2 fully saturated rings. The van der Waals surface area contributed by atoms with Gasteiger partial charge in [-0.25, -0.2) is 0 Å². The molecule has 1 aliphatic carbocycles. The Labute approximate surface area is 109 Å². The number of carboxylic acid groups (broad SMARTS) is 1. The van der Waals surface area contributed by atoms with Gasteiger partial charge in [0.2, 0.25) is 0 Å². The molecule has 1 saturated heterocycles. The zero-order chi connectivity index (χ0) is 13.0. The van der Waals surface area contributed by atoms with Gasteiger partial charge in [-0.3, -0.25) is 9.69 Å². The number of carboxylic acids is 1. The maximum Gasteiger partial charge on any atom is 0.305 e. The highest BCUT2D eigenvalue weighted by molar-refractivity contribution is 5.68. The second kappa shape index (κ2) is 6.02. The number of rotatable bonds is 3. The summed E-state index contributed by atoms with van der Waals surface area (Å²) in [5, 5.41) is 9.26. The minimum Gasteiger partial charge on any atom is -0.481 e. The van der Waals surface area contributed by atoms with Crippen molar-refractivity contribution in [2.45, 2.75) is 51.0 Å². The van der Waals surface area contributed by atoms with Gasteiger partial charge in [0.1, 0.15) is 0 Å². The first kappa shape index (κ1) is 13.8. The molecule has 0 aromatic heterocycles. The lowest BCUT2D eigenvalue weighted by atomic mass is 9.84. The van der Waals surface area contributed by atoms with Gasteiger partial charge in [-0.2, -0.15) is 0 Å². The van der Waals surface area contributed by atoms with E-state index in [0.717, 1.165) is 57.9 Å². The van der Waals surface area contributed by atoms with Crippen LogP contribution in [0.1, 0.15) is 45.4 Å². The Bertz CT molecular complexity index is 289. The molecule has 2 aliphatic rings. The van der Waals surface area contributed by atoms with E-state index in [4.69, 9.17) is 4.74 Å². The SMILES string of the molecule is CC1CCCC(CC(=O)O)(N2CCOCC2)CC1. The van der Waals surface area contributed by atoms with E-state index in [0.29, 0.717) is 6.42 Å². The molecule has 1 N–H and O–H groups in total. The van der Waals surface area contributed by atoms with Crippen LogP contribution >= 0.6 is 0 Å². The van der Waals surface area contributed by atoms with Crippen LogP contribution in [0.3, 0.4) is 0 Å². The van der Waals surface area contributed by atoms with Gasteiger partial charge in [-0.05, 0) is 25.2 Å². The summed E-state index contributed by atoms with van der Waals surface area (Å²) in [5.74, 6) is 0.0813. The second-order valence-electron chi connectivity index (χ2n) is 5.93. The van der Waals surface area contributed by atoms with Crippen LogP contribution in [0.2, 0.25) is 0 Å². The zero-order valence-electron chi connectivity index (χ0n) is 11.4. The summed E-state index contributed by atoms with van der Waals surface area (Å²) in [5.41, 5.74) is -0.111. The smallest absolute Gasteiger partial charge is 0.305 e. The van der Waals surface area contributed by atoms with Crippen molar-refractivity contribution in [2.75, 3.05) is 26.3 Å². The Kier molecular flexibility index (Phi) is 4.62. The molecular formula is C14H25NO3. The molecule has 1 aliphatic heterocycles. The Morgan fingerprint density at radius 2 is 2.06 bits per heavy atom. The van der Waals surface area contributed by atoms with Crippen molar-refractivity contribution in [2.24, 2.45) is 5.92 Å². The third-order valence-corrected chi connectivity index (χ3v) is 4.60. The van der Waals surface area contributed by atoms with Crippen molar-refractivity contribution in [3.63, 3.8) is 0 Å². The number of hydrogen-bond acceptors (Lipinski definition) is 3. The van der Waals surface area contributed by atoms with Gasteiger partial charge in [-0.15, -0.1) is 0 Å². The quantitative estimate of drug-likeness (QED) is 0.785. The fourth-order valence-corrected chi connectivity index (χ4v) is 3.49. The van der Waals surface area contributed by atoms with Crippen LogP contribution in [0.4, 0.5) is 0 Å². The van der Waals surface area contributed by atoms with Gasteiger partial charge in [-0.1, -0.05) is 19.8 Å². The Morgan fingerprint density at radius 3 is 2.72 bits per heavy atom. The summed E-state index contributed by atoms with van der Waals surface area (Å²) in [6.07, 6.45) is 5.91. The van der Waals surface area contributed by atoms with Crippen molar-refractivity contribution in [1.82, 2.24) is 4.90 Å². The molecule has 4 heteroatoms. The third-order valence-electron chi connectivity index (χ3n) is 4.60. The molecule has 0 aromatic rings. The van der Waals surface area contributed by atoms with Crippen molar-refractivity contribution in [1.29, 1.82) is 0 Å². The molecule has 4 nitrogen and oxygen atoms in total. The molecule has 104 valence electrons. The highest BCUT2D eigenvalue weighted by atomic mass is 16.5. The minimum absolute atomic E-state index is 0.111. The minimum atomic E-state index is -0.656. The molecule has 18 heavy (non-hydrogen) atoms. The van der Waals surface area contributed by atoms with Crippen LogP contribution in [0.5, 0.6) is 0 Å². The van der Waals surface area contributed by atoms with Gasteiger partial charge >= 0.3 is 5.97 Å². The first-order valence-electron chi connectivity index (χ1n) is 7.17. The maximum absolute atomic E-state index is 11.3. The van der Waals surface area contributed by atoms with Crippen LogP contribution < -0.4 is 0 Å². The Balaban J connectivity index is 2.12. The van der Waals surface area contributed by atoms with Gasteiger partial charge in [0, 0.05) is 18.6 Å². The molecule has 1 saturated carbocycles. The standard InChI is InChI=1S/C14H25NO3/c1-12-3-2-5-14(6-4-12,11-13(16)17)15-7-9-18-10-8-15/h12H,2-11H2,1H3,(H,16,17). The van der Waals surface area contributed by atoms with Crippen molar-refractivity contribution >= 4 is 5.97 Å². The van der Waals surface area contributed by atoms with Gasteiger partial charge in [0.25, 0.3) is 0 Å². The summed E-state index contributed by atoms with van der Waals surface area (Å²) >= 11 is 0. The Hall–Kier alpha value is -0.610. The van der Waals surface area contributed by atoms with E-state index in [9.17, 15) is 9.90 Å². The molecule has 0 bridgehead atoms.